The van der Waals surface area contributed by atoms with Gasteiger partial charge in [0.1, 0.15) is 17.8 Å². The van der Waals surface area contributed by atoms with Gasteiger partial charge in [-0.3, -0.25) is 9.59 Å². The zero-order valence-corrected chi connectivity index (χ0v) is 20.7. The first kappa shape index (κ1) is 26.3. The Bertz CT molecular complexity index is 900. The molecule has 1 aromatic carbocycles. The Kier molecular flexibility index (Phi) is 9.33. The van der Waals surface area contributed by atoms with Gasteiger partial charge in [-0.05, 0) is 30.5 Å². The fourth-order valence-corrected chi connectivity index (χ4v) is 4.64. The van der Waals surface area contributed by atoms with E-state index in [1.807, 2.05) is 12.1 Å². The van der Waals surface area contributed by atoms with Gasteiger partial charge in [-0.1, -0.05) is 31.4 Å². The first-order chi connectivity index (χ1) is 16.8. The second kappa shape index (κ2) is 12.4. The first-order valence-electron chi connectivity index (χ1n) is 12.2. The van der Waals surface area contributed by atoms with Gasteiger partial charge in [-0.25, -0.2) is 9.59 Å². The van der Waals surface area contributed by atoms with Gasteiger partial charge in [0.25, 0.3) is 0 Å². The summed E-state index contributed by atoms with van der Waals surface area (Å²) in [4.78, 5) is 54.0. The van der Waals surface area contributed by atoms with Crippen molar-refractivity contribution in [3.05, 3.63) is 29.8 Å². The minimum Gasteiger partial charge on any atom is -0.497 e. The third kappa shape index (κ3) is 7.10. The zero-order chi connectivity index (χ0) is 25.4. The molecular formula is C25H36N4O6. The lowest BCUT2D eigenvalue weighted by Gasteiger charge is -2.41. The molecule has 2 atom stereocenters. The Hall–Kier alpha value is -3.30. The summed E-state index contributed by atoms with van der Waals surface area (Å²) in [7, 11) is 2.83. The van der Waals surface area contributed by atoms with Gasteiger partial charge in [0.05, 0.1) is 20.8 Å². The molecule has 3 rings (SSSR count). The summed E-state index contributed by atoms with van der Waals surface area (Å²) in [5.41, 5.74) is 0.808. The number of urea groups is 1. The van der Waals surface area contributed by atoms with Crippen LogP contribution in [-0.2, 0) is 25.5 Å². The summed E-state index contributed by atoms with van der Waals surface area (Å²) in [6.07, 6.45) is 5.35. The predicted octanol–water partition coefficient (Wildman–Crippen LogP) is 1.47. The maximum atomic E-state index is 13.4. The van der Waals surface area contributed by atoms with E-state index in [1.165, 1.54) is 18.9 Å². The number of nitrogens with zero attached hydrogens (tertiary/aromatic N) is 2. The van der Waals surface area contributed by atoms with E-state index in [1.54, 1.807) is 24.1 Å². The molecule has 1 saturated heterocycles. The monoisotopic (exact) mass is 488 g/mol. The Labute approximate surface area is 206 Å². The average molecular weight is 489 g/mol. The van der Waals surface area contributed by atoms with Crippen molar-refractivity contribution in [1.29, 1.82) is 0 Å². The van der Waals surface area contributed by atoms with E-state index in [4.69, 9.17) is 9.47 Å². The quantitative estimate of drug-likeness (QED) is 0.562. The van der Waals surface area contributed by atoms with Crippen molar-refractivity contribution < 1.29 is 28.7 Å². The van der Waals surface area contributed by atoms with E-state index in [2.05, 4.69) is 10.6 Å². The van der Waals surface area contributed by atoms with E-state index < -0.39 is 24.0 Å². The van der Waals surface area contributed by atoms with Crippen LogP contribution in [0.2, 0.25) is 0 Å². The van der Waals surface area contributed by atoms with Gasteiger partial charge in [0.2, 0.25) is 11.8 Å². The van der Waals surface area contributed by atoms with E-state index >= 15 is 0 Å². The minimum absolute atomic E-state index is 0.0652. The van der Waals surface area contributed by atoms with Crippen LogP contribution in [0.4, 0.5) is 4.79 Å². The van der Waals surface area contributed by atoms with Crippen molar-refractivity contribution in [2.24, 2.45) is 0 Å². The summed E-state index contributed by atoms with van der Waals surface area (Å²) >= 11 is 0. The smallest absolute Gasteiger partial charge is 0.328 e. The van der Waals surface area contributed by atoms with Crippen LogP contribution in [0, 0.1) is 0 Å². The van der Waals surface area contributed by atoms with Crippen LogP contribution in [0.5, 0.6) is 5.75 Å². The first-order valence-corrected chi connectivity index (χ1v) is 12.2. The molecule has 10 heteroatoms. The number of rotatable bonds is 7. The molecule has 10 nitrogen and oxygen atoms in total. The van der Waals surface area contributed by atoms with Crippen LogP contribution in [0.15, 0.2) is 24.3 Å². The van der Waals surface area contributed by atoms with Gasteiger partial charge >= 0.3 is 12.0 Å². The summed E-state index contributed by atoms with van der Waals surface area (Å²) in [5, 5.41) is 5.81. The molecule has 0 bridgehead atoms. The molecule has 2 fully saturated rings. The second-order valence-electron chi connectivity index (χ2n) is 9.10. The number of methoxy groups -OCH3 is 2. The van der Waals surface area contributed by atoms with E-state index in [-0.39, 0.29) is 37.5 Å². The standard InChI is InChI=1S/C25H36N4O6/c1-17(30)28-13-14-29(25(33)26-19-7-5-4-6-8-19)22(16-28)23(31)27-21(24(32)35-3)15-18-9-11-20(34-2)12-10-18/h9-12,19,21-22H,4-8,13-16H2,1-3H3,(H,26,33)(H,27,31). The molecule has 1 aliphatic carbocycles. The molecule has 192 valence electrons. The third-order valence-corrected chi connectivity index (χ3v) is 6.72. The van der Waals surface area contributed by atoms with Crippen molar-refractivity contribution in [3.8, 4) is 5.75 Å². The highest BCUT2D eigenvalue weighted by Gasteiger charge is 2.38. The van der Waals surface area contributed by atoms with Crippen molar-refractivity contribution >= 4 is 23.8 Å². The Morgan fingerprint density at radius 2 is 1.71 bits per heavy atom. The highest BCUT2D eigenvalue weighted by molar-refractivity contribution is 5.91. The van der Waals surface area contributed by atoms with Crippen LogP contribution < -0.4 is 15.4 Å². The highest BCUT2D eigenvalue weighted by atomic mass is 16.5. The molecule has 1 aromatic rings. The number of carbonyl (C=O) groups excluding carboxylic acids is 4. The maximum Gasteiger partial charge on any atom is 0.328 e. The maximum absolute atomic E-state index is 13.4. The fourth-order valence-electron chi connectivity index (χ4n) is 4.64. The number of piperazine rings is 1. The van der Waals surface area contributed by atoms with Gasteiger partial charge in [-0.15, -0.1) is 0 Å². The van der Waals surface area contributed by atoms with E-state index in [9.17, 15) is 19.2 Å². The number of carbonyl (C=O) groups is 4. The third-order valence-electron chi connectivity index (χ3n) is 6.72. The summed E-state index contributed by atoms with van der Waals surface area (Å²) in [6, 6.07) is 5.07. The zero-order valence-electron chi connectivity index (χ0n) is 20.7. The molecule has 35 heavy (non-hydrogen) atoms. The number of nitrogens with one attached hydrogen (secondary N) is 2. The molecule has 2 N–H and O–H groups in total. The molecular weight excluding hydrogens is 452 g/mol. The van der Waals surface area contributed by atoms with Crippen molar-refractivity contribution in [1.82, 2.24) is 20.4 Å². The molecule has 1 saturated carbocycles. The van der Waals surface area contributed by atoms with Gasteiger partial charge in [-0.2, -0.15) is 0 Å². The number of esters is 1. The molecule has 0 spiro atoms. The lowest BCUT2D eigenvalue weighted by Crippen LogP contribution is -2.64. The lowest BCUT2D eigenvalue weighted by atomic mass is 9.95. The SMILES string of the molecule is COC(=O)C(Cc1ccc(OC)cc1)NC(=O)C1CN(C(C)=O)CCN1C(=O)NC1CCCCC1. The van der Waals surface area contributed by atoms with Gasteiger partial charge in [0, 0.05) is 32.5 Å². The van der Waals surface area contributed by atoms with Crippen molar-refractivity contribution in [3.63, 3.8) is 0 Å². The van der Waals surface area contributed by atoms with Crippen LogP contribution >= 0.6 is 0 Å². The molecule has 0 radical (unpaired) electrons. The molecule has 2 unspecified atom stereocenters. The Morgan fingerprint density at radius 1 is 1.03 bits per heavy atom. The fraction of sp³-hybridized carbons (Fsp3) is 0.600. The summed E-state index contributed by atoms with van der Waals surface area (Å²) in [5.74, 6) is -0.582. The van der Waals surface area contributed by atoms with Crippen LogP contribution in [0.25, 0.3) is 0 Å². The summed E-state index contributed by atoms with van der Waals surface area (Å²) in [6.45, 7) is 2.09. The normalized spacial score (nSPS) is 19.5. The van der Waals surface area contributed by atoms with Crippen LogP contribution in [0.1, 0.15) is 44.6 Å². The number of hydrogen-bond acceptors (Lipinski definition) is 6. The molecule has 2 aliphatic rings. The Morgan fingerprint density at radius 3 is 2.31 bits per heavy atom. The molecule has 1 aliphatic heterocycles. The number of hydrogen-bond donors (Lipinski definition) is 2. The lowest BCUT2D eigenvalue weighted by molar-refractivity contribution is -0.146. The topological polar surface area (TPSA) is 117 Å². The van der Waals surface area contributed by atoms with Gasteiger partial charge < -0.3 is 29.9 Å². The average Bonchev–Trinajstić information content (AvgIpc) is 2.88. The largest absolute Gasteiger partial charge is 0.497 e. The molecule has 0 aromatic heterocycles. The van der Waals surface area contributed by atoms with E-state index in [0.717, 1.165) is 37.7 Å². The summed E-state index contributed by atoms with van der Waals surface area (Å²) < 4.78 is 10.1. The van der Waals surface area contributed by atoms with Crippen LogP contribution in [0.3, 0.4) is 0 Å². The van der Waals surface area contributed by atoms with Crippen LogP contribution in [-0.4, -0.2) is 85.6 Å². The van der Waals surface area contributed by atoms with Gasteiger partial charge in [0.15, 0.2) is 0 Å². The predicted molar refractivity (Wildman–Crippen MR) is 129 cm³/mol. The van der Waals surface area contributed by atoms with Crippen molar-refractivity contribution in [2.45, 2.75) is 63.6 Å². The van der Waals surface area contributed by atoms with E-state index in [0.29, 0.717) is 12.3 Å². The molecule has 4 amide bonds. The second-order valence-corrected chi connectivity index (χ2v) is 9.10. The minimum atomic E-state index is -0.947. The van der Waals surface area contributed by atoms with Crippen molar-refractivity contribution in [2.75, 3.05) is 33.9 Å². The Balaban J connectivity index is 1.74. The number of amides is 4. The highest BCUT2D eigenvalue weighted by Crippen LogP contribution is 2.19. The molecule has 1 heterocycles. The number of ether oxygens (including phenoxy) is 2. The number of benzene rings is 1.